The number of nitrogens with one attached hydrogen (secondary N) is 1. The molecule has 0 amide bonds. The Labute approximate surface area is 141 Å². The molecule has 4 nitrogen and oxygen atoms in total. The first-order chi connectivity index (χ1) is 11.5. The van der Waals surface area contributed by atoms with E-state index in [1.807, 2.05) is 18.2 Å². The molecule has 0 radical (unpaired) electrons. The lowest BCUT2D eigenvalue weighted by Crippen LogP contribution is -2.33. The predicted octanol–water partition coefficient (Wildman–Crippen LogP) is 3.12. The average Bonchev–Trinajstić information content (AvgIpc) is 2.61. The Morgan fingerprint density at radius 2 is 1.96 bits per heavy atom. The lowest BCUT2D eigenvalue weighted by atomic mass is 10.0. The van der Waals surface area contributed by atoms with Crippen molar-refractivity contribution in [1.29, 1.82) is 0 Å². The molecule has 0 bridgehead atoms. The minimum atomic E-state index is -0.878. The Bertz CT molecular complexity index is 676. The van der Waals surface area contributed by atoms with Crippen molar-refractivity contribution in [3.63, 3.8) is 0 Å². The van der Waals surface area contributed by atoms with Gasteiger partial charge < -0.3 is 15.2 Å². The second-order valence-electron chi connectivity index (χ2n) is 5.62. The van der Waals surface area contributed by atoms with Crippen molar-refractivity contribution in [2.75, 3.05) is 13.7 Å². The zero-order chi connectivity index (χ0) is 17.5. The van der Waals surface area contributed by atoms with Crippen LogP contribution >= 0.6 is 0 Å². The second-order valence-corrected chi connectivity index (χ2v) is 5.62. The molecule has 0 spiro atoms. The van der Waals surface area contributed by atoms with E-state index in [1.165, 1.54) is 19.2 Å². The molecule has 128 valence electrons. The third kappa shape index (κ3) is 4.63. The SMILES string of the molecule is COc1ccc(C(O)C(C)NCCC(=O)c2ccccc2)cc1F. The third-order valence-corrected chi connectivity index (χ3v) is 3.91. The Balaban J connectivity index is 1.86. The van der Waals surface area contributed by atoms with Crippen LogP contribution in [0.1, 0.15) is 35.4 Å². The minimum absolute atomic E-state index is 0.0419. The van der Waals surface area contributed by atoms with E-state index in [1.54, 1.807) is 25.1 Å². The van der Waals surface area contributed by atoms with Crippen molar-refractivity contribution in [3.8, 4) is 5.75 Å². The largest absolute Gasteiger partial charge is 0.494 e. The van der Waals surface area contributed by atoms with E-state index in [4.69, 9.17) is 4.74 Å². The highest BCUT2D eigenvalue weighted by Gasteiger charge is 2.18. The molecule has 0 aliphatic rings. The molecule has 2 atom stereocenters. The quantitative estimate of drug-likeness (QED) is 0.730. The zero-order valence-electron chi connectivity index (χ0n) is 13.8. The van der Waals surface area contributed by atoms with Gasteiger partial charge in [0.05, 0.1) is 13.2 Å². The number of ether oxygens (including phenoxy) is 1. The van der Waals surface area contributed by atoms with Gasteiger partial charge in [-0.1, -0.05) is 36.4 Å². The number of carbonyl (C=O) groups is 1. The Morgan fingerprint density at radius 1 is 1.25 bits per heavy atom. The van der Waals surface area contributed by atoms with Gasteiger partial charge in [-0.05, 0) is 24.6 Å². The van der Waals surface area contributed by atoms with Crippen LogP contribution in [0.4, 0.5) is 4.39 Å². The lowest BCUT2D eigenvalue weighted by molar-refractivity contribution is 0.0972. The van der Waals surface area contributed by atoms with Crippen LogP contribution in [0.3, 0.4) is 0 Å². The van der Waals surface area contributed by atoms with E-state index < -0.39 is 11.9 Å². The fraction of sp³-hybridized carbons (Fsp3) is 0.316. The summed E-state index contributed by atoms with van der Waals surface area (Å²) >= 11 is 0. The van der Waals surface area contributed by atoms with Gasteiger partial charge in [-0.3, -0.25) is 4.79 Å². The number of aliphatic hydroxyl groups excluding tert-OH is 1. The molecule has 0 aliphatic heterocycles. The molecule has 0 heterocycles. The van der Waals surface area contributed by atoms with Gasteiger partial charge in [0.2, 0.25) is 0 Å². The fourth-order valence-electron chi connectivity index (χ4n) is 2.45. The number of halogens is 1. The van der Waals surface area contributed by atoms with E-state index >= 15 is 0 Å². The molecule has 2 aromatic carbocycles. The molecule has 0 aliphatic carbocycles. The maximum absolute atomic E-state index is 13.7. The highest BCUT2D eigenvalue weighted by Crippen LogP contribution is 2.23. The van der Waals surface area contributed by atoms with Gasteiger partial charge in [-0.15, -0.1) is 0 Å². The summed E-state index contributed by atoms with van der Waals surface area (Å²) in [5.74, 6) is -0.333. The van der Waals surface area contributed by atoms with Crippen LogP contribution in [-0.4, -0.2) is 30.6 Å². The van der Waals surface area contributed by atoms with E-state index in [0.717, 1.165) is 0 Å². The summed E-state index contributed by atoms with van der Waals surface area (Å²) in [7, 11) is 1.39. The van der Waals surface area contributed by atoms with Crippen molar-refractivity contribution in [2.24, 2.45) is 0 Å². The maximum Gasteiger partial charge on any atom is 0.165 e. The average molecular weight is 331 g/mol. The number of hydrogen-bond donors (Lipinski definition) is 2. The number of methoxy groups -OCH3 is 1. The first-order valence-corrected chi connectivity index (χ1v) is 7.86. The van der Waals surface area contributed by atoms with Gasteiger partial charge in [-0.25, -0.2) is 4.39 Å². The van der Waals surface area contributed by atoms with Crippen LogP contribution in [-0.2, 0) is 0 Å². The molecule has 0 saturated heterocycles. The van der Waals surface area contributed by atoms with Crippen LogP contribution in [0.25, 0.3) is 0 Å². The molecule has 5 heteroatoms. The molecular formula is C19H22FNO3. The van der Waals surface area contributed by atoms with Crippen molar-refractivity contribution in [3.05, 3.63) is 65.5 Å². The van der Waals surface area contributed by atoms with Crippen molar-refractivity contribution >= 4 is 5.78 Å². The molecule has 2 rings (SSSR count). The normalized spacial score (nSPS) is 13.3. The summed E-state index contributed by atoms with van der Waals surface area (Å²) in [5, 5.41) is 13.4. The van der Waals surface area contributed by atoms with Crippen LogP contribution in [0.5, 0.6) is 5.75 Å². The van der Waals surface area contributed by atoms with Gasteiger partial charge in [0.1, 0.15) is 0 Å². The number of benzene rings is 2. The number of aliphatic hydroxyl groups is 1. The molecule has 0 fully saturated rings. The van der Waals surface area contributed by atoms with E-state index in [-0.39, 0.29) is 17.6 Å². The molecule has 0 aromatic heterocycles. The smallest absolute Gasteiger partial charge is 0.165 e. The number of ketones is 1. The fourth-order valence-corrected chi connectivity index (χ4v) is 2.45. The number of carbonyl (C=O) groups excluding carboxylic acids is 1. The topological polar surface area (TPSA) is 58.6 Å². The van der Waals surface area contributed by atoms with Crippen LogP contribution in [0.2, 0.25) is 0 Å². The monoisotopic (exact) mass is 331 g/mol. The standard InChI is InChI=1S/C19H22FNO3/c1-13(19(23)15-8-9-18(24-2)16(20)12-15)21-11-10-17(22)14-6-4-3-5-7-14/h3-9,12-13,19,21,23H,10-11H2,1-2H3. The summed E-state index contributed by atoms with van der Waals surface area (Å²) in [5.41, 5.74) is 1.13. The Morgan fingerprint density at radius 3 is 2.58 bits per heavy atom. The maximum atomic E-state index is 13.7. The number of rotatable bonds is 8. The number of hydrogen-bond acceptors (Lipinski definition) is 4. The summed E-state index contributed by atoms with van der Waals surface area (Å²) in [4.78, 5) is 12.0. The van der Waals surface area contributed by atoms with Gasteiger partial charge >= 0.3 is 0 Å². The molecule has 2 N–H and O–H groups in total. The molecular weight excluding hydrogens is 309 g/mol. The van der Waals surface area contributed by atoms with E-state index in [2.05, 4.69) is 5.32 Å². The predicted molar refractivity (Wildman–Crippen MR) is 90.8 cm³/mol. The van der Waals surface area contributed by atoms with Crippen LogP contribution in [0.15, 0.2) is 48.5 Å². The van der Waals surface area contributed by atoms with Crippen molar-refractivity contribution < 1.29 is 19.0 Å². The Kier molecular flexibility index (Phi) is 6.46. The van der Waals surface area contributed by atoms with Gasteiger partial charge in [-0.2, -0.15) is 0 Å². The first kappa shape index (κ1) is 18.1. The molecule has 24 heavy (non-hydrogen) atoms. The summed E-state index contributed by atoms with van der Waals surface area (Å²) < 4.78 is 18.6. The minimum Gasteiger partial charge on any atom is -0.494 e. The molecule has 2 aromatic rings. The molecule has 2 unspecified atom stereocenters. The van der Waals surface area contributed by atoms with E-state index in [0.29, 0.717) is 24.1 Å². The highest BCUT2D eigenvalue weighted by atomic mass is 19.1. The summed E-state index contributed by atoms with van der Waals surface area (Å²) in [6, 6.07) is 13.1. The van der Waals surface area contributed by atoms with Gasteiger partial charge in [0, 0.05) is 24.6 Å². The highest BCUT2D eigenvalue weighted by molar-refractivity contribution is 5.96. The van der Waals surface area contributed by atoms with Gasteiger partial charge in [0.15, 0.2) is 17.3 Å². The first-order valence-electron chi connectivity index (χ1n) is 7.86. The second kappa shape index (κ2) is 8.57. The summed E-state index contributed by atoms with van der Waals surface area (Å²) in [6.45, 7) is 2.23. The van der Waals surface area contributed by atoms with Crippen molar-refractivity contribution in [1.82, 2.24) is 5.32 Å². The zero-order valence-corrected chi connectivity index (χ0v) is 13.8. The van der Waals surface area contributed by atoms with E-state index in [9.17, 15) is 14.3 Å². The molecule has 0 saturated carbocycles. The van der Waals surface area contributed by atoms with Crippen molar-refractivity contribution in [2.45, 2.75) is 25.5 Å². The lowest BCUT2D eigenvalue weighted by Gasteiger charge is -2.21. The Hall–Kier alpha value is -2.24. The summed E-state index contributed by atoms with van der Waals surface area (Å²) in [6.07, 6.45) is -0.546. The van der Waals surface area contributed by atoms with Crippen LogP contribution in [0, 0.1) is 5.82 Å². The van der Waals surface area contributed by atoms with Crippen LogP contribution < -0.4 is 10.1 Å². The van der Waals surface area contributed by atoms with Gasteiger partial charge in [0.25, 0.3) is 0 Å². The number of Topliss-reactive ketones (excluding diaryl/α,β-unsaturated/α-hetero) is 1. The third-order valence-electron chi connectivity index (χ3n) is 3.91.